The number of benzene rings is 1. The van der Waals surface area contributed by atoms with Crippen LogP contribution in [0.1, 0.15) is 30.4 Å². The SMILES string of the molecule is Cc1cc(Br)cc(CNC2CC2)c1OCCCS(C)(=O)=O. The van der Waals surface area contributed by atoms with Gasteiger partial charge in [-0.15, -0.1) is 0 Å². The molecule has 2 rings (SSSR count). The normalized spacial score (nSPS) is 15.2. The maximum Gasteiger partial charge on any atom is 0.147 e. The Kier molecular flexibility index (Phi) is 5.68. The maximum absolute atomic E-state index is 11.1. The Balaban J connectivity index is 1.98. The molecule has 0 radical (unpaired) electrons. The topological polar surface area (TPSA) is 55.4 Å². The molecule has 1 N–H and O–H groups in total. The number of rotatable bonds is 8. The Hall–Kier alpha value is -0.590. The van der Waals surface area contributed by atoms with Gasteiger partial charge in [0.1, 0.15) is 15.6 Å². The number of hydrogen-bond donors (Lipinski definition) is 1. The molecule has 6 heteroatoms. The molecule has 4 nitrogen and oxygen atoms in total. The monoisotopic (exact) mass is 375 g/mol. The third-order valence-electron chi connectivity index (χ3n) is 3.38. The summed E-state index contributed by atoms with van der Waals surface area (Å²) in [5, 5.41) is 3.49. The van der Waals surface area contributed by atoms with Gasteiger partial charge in [0.25, 0.3) is 0 Å². The van der Waals surface area contributed by atoms with Gasteiger partial charge in [-0.25, -0.2) is 8.42 Å². The lowest BCUT2D eigenvalue weighted by Crippen LogP contribution is -2.17. The standard InChI is InChI=1S/C15H22BrNO3S/c1-11-8-13(16)9-12(10-17-14-4-5-14)15(11)20-6-3-7-21(2,18)19/h8-9,14,17H,3-7,10H2,1-2H3. The van der Waals surface area contributed by atoms with Crippen molar-refractivity contribution in [2.24, 2.45) is 0 Å². The molecule has 1 aliphatic rings. The van der Waals surface area contributed by atoms with E-state index in [1.54, 1.807) is 0 Å². The quantitative estimate of drug-likeness (QED) is 0.709. The van der Waals surface area contributed by atoms with Gasteiger partial charge in [-0.1, -0.05) is 15.9 Å². The maximum atomic E-state index is 11.1. The number of halogens is 1. The lowest BCUT2D eigenvalue weighted by molar-refractivity contribution is 0.311. The molecule has 0 unspecified atom stereocenters. The lowest BCUT2D eigenvalue weighted by Gasteiger charge is -2.15. The van der Waals surface area contributed by atoms with E-state index in [4.69, 9.17) is 4.74 Å². The molecule has 0 atom stereocenters. The minimum atomic E-state index is -2.92. The molecular formula is C15H22BrNO3S. The summed E-state index contributed by atoms with van der Waals surface area (Å²) < 4.78 is 29.2. The van der Waals surface area contributed by atoms with Crippen LogP contribution < -0.4 is 10.1 Å². The molecular weight excluding hydrogens is 354 g/mol. The molecule has 118 valence electrons. The van der Waals surface area contributed by atoms with E-state index < -0.39 is 9.84 Å². The summed E-state index contributed by atoms with van der Waals surface area (Å²) in [5.41, 5.74) is 2.18. The van der Waals surface area contributed by atoms with Crippen LogP contribution in [-0.2, 0) is 16.4 Å². The number of hydrogen-bond acceptors (Lipinski definition) is 4. The Morgan fingerprint density at radius 3 is 2.71 bits per heavy atom. The first-order chi connectivity index (χ1) is 9.85. The van der Waals surface area contributed by atoms with Gasteiger partial charge < -0.3 is 10.1 Å². The zero-order valence-electron chi connectivity index (χ0n) is 12.5. The third kappa shape index (κ3) is 5.96. The van der Waals surface area contributed by atoms with Gasteiger partial charge >= 0.3 is 0 Å². The summed E-state index contributed by atoms with van der Waals surface area (Å²) in [6.45, 7) is 3.22. The Morgan fingerprint density at radius 2 is 2.10 bits per heavy atom. The average molecular weight is 376 g/mol. The van der Waals surface area contributed by atoms with E-state index in [1.165, 1.54) is 19.1 Å². The van der Waals surface area contributed by atoms with Gasteiger partial charge in [-0.3, -0.25) is 0 Å². The highest BCUT2D eigenvalue weighted by Gasteiger charge is 2.21. The van der Waals surface area contributed by atoms with Crippen LogP contribution in [0.5, 0.6) is 5.75 Å². The van der Waals surface area contributed by atoms with Gasteiger partial charge in [-0.2, -0.15) is 0 Å². The third-order valence-corrected chi connectivity index (χ3v) is 4.87. The molecule has 0 amide bonds. The predicted octanol–water partition coefficient (Wildman–Crippen LogP) is 2.82. The van der Waals surface area contributed by atoms with Crippen LogP contribution in [0.4, 0.5) is 0 Å². The van der Waals surface area contributed by atoms with Crippen molar-refractivity contribution in [1.29, 1.82) is 0 Å². The molecule has 1 aromatic carbocycles. The van der Waals surface area contributed by atoms with Crippen molar-refractivity contribution in [1.82, 2.24) is 5.32 Å². The molecule has 0 aliphatic heterocycles. The fraction of sp³-hybridized carbons (Fsp3) is 0.600. The predicted molar refractivity (Wildman–Crippen MR) is 88.6 cm³/mol. The Labute approximate surface area is 135 Å². The van der Waals surface area contributed by atoms with Crippen molar-refractivity contribution in [3.63, 3.8) is 0 Å². The van der Waals surface area contributed by atoms with Crippen LogP contribution >= 0.6 is 15.9 Å². The first-order valence-electron chi connectivity index (χ1n) is 7.18. The molecule has 0 bridgehead atoms. The van der Waals surface area contributed by atoms with E-state index in [0.717, 1.165) is 27.9 Å². The fourth-order valence-electron chi connectivity index (χ4n) is 2.17. The molecule has 1 fully saturated rings. The number of ether oxygens (including phenoxy) is 1. The second-order valence-electron chi connectivity index (χ2n) is 5.70. The number of sulfone groups is 1. The largest absolute Gasteiger partial charge is 0.493 e. The van der Waals surface area contributed by atoms with E-state index in [2.05, 4.69) is 27.3 Å². The molecule has 0 saturated heterocycles. The van der Waals surface area contributed by atoms with E-state index in [9.17, 15) is 8.42 Å². The van der Waals surface area contributed by atoms with Gasteiger partial charge in [0.2, 0.25) is 0 Å². The summed E-state index contributed by atoms with van der Waals surface area (Å²) >= 11 is 3.52. The van der Waals surface area contributed by atoms with Crippen LogP contribution in [0.2, 0.25) is 0 Å². The summed E-state index contributed by atoms with van der Waals surface area (Å²) in [4.78, 5) is 0. The fourth-order valence-corrected chi connectivity index (χ4v) is 3.44. The average Bonchev–Trinajstić information content (AvgIpc) is 3.16. The molecule has 0 aromatic heterocycles. The van der Waals surface area contributed by atoms with Crippen molar-refractivity contribution in [3.05, 3.63) is 27.7 Å². The second-order valence-corrected chi connectivity index (χ2v) is 8.87. The van der Waals surface area contributed by atoms with Crippen molar-refractivity contribution < 1.29 is 13.2 Å². The first-order valence-corrected chi connectivity index (χ1v) is 10.0. The van der Waals surface area contributed by atoms with Gasteiger partial charge in [-0.05, 0) is 43.9 Å². The van der Waals surface area contributed by atoms with E-state index in [-0.39, 0.29) is 5.75 Å². The smallest absolute Gasteiger partial charge is 0.147 e. The second kappa shape index (κ2) is 7.11. The molecule has 0 spiro atoms. The summed E-state index contributed by atoms with van der Waals surface area (Å²) in [7, 11) is -2.92. The van der Waals surface area contributed by atoms with Crippen LogP contribution in [-0.4, -0.2) is 33.1 Å². The van der Waals surface area contributed by atoms with Crippen LogP contribution in [0, 0.1) is 6.92 Å². The summed E-state index contributed by atoms with van der Waals surface area (Å²) in [6, 6.07) is 4.73. The molecule has 1 aromatic rings. The summed E-state index contributed by atoms with van der Waals surface area (Å²) in [6.07, 6.45) is 4.27. The first kappa shape index (κ1) is 16.8. The van der Waals surface area contributed by atoms with Gasteiger partial charge in [0, 0.05) is 28.9 Å². The van der Waals surface area contributed by atoms with Crippen molar-refractivity contribution in [2.45, 2.75) is 38.8 Å². The number of aryl methyl sites for hydroxylation is 1. The molecule has 1 aliphatic carbocycles. The molecule has 0 heterocycles. The van der Waals surface area contributed by atoms with Gasteiger partial charge in [0.05, 0.1) is 12.4 Å². The van der Waals surface area contributed by atoms with Crippen molar-refractivity contribution in [2.75, 3.05) is 18.6 Å². The van der Waals surface area contributed by atoms with Crippen LogP contribution in [0.15, 0.2) is 16.6 Å². The van der Waals surface area contributed by atoms with Crippen LogP contribution in [0.3, 0.4) is 0 Å². The zero-order valence-corrected chi connectivity index (χ0v) is 14.9. The van der Waals surface area contributed by atoms with E-state index in [0.29, 0.717) is 19.1 Å². The highest BCUT2D eigenvalue weighted by Crippen LogP contribution is 2.29. The number of nitrogens with one attached hydrogen (secondary N) is 1. The van der Waals surface area contributed by atoms with Crippen molar-refractivity contribution >= 4 is 25.8 Å². The minimum Gasteiger partial charge on any atom is -0.493 e. The molecule has 1 saturated carbocycles. The zero-order chi connectivity index (χ0) is 15.5. The Morgan fingerprint density at radius 1 is 1.38 bits per heavy atom. The highest BCUT2D eigenvalue weighted by molar-refractivity contribution is 9.10. The Bertz CT molecular complexity index is 597. The molecule has 21 heavy (non-hydrogen) atoms. The minimum absolute atomic E-state index is 0.165. The highest BCUT2D eigenvalue weighted by atomic mass is 79.9. The lowest BCUT2D eigenvalue weighted by atomic mass is 10.1. The van der Waals surface area contributed by atoms with E-state index >= 15 is 0 Å². The summed E-state index contributed by atoms with van der Waals surface area (Å²) in [5.74, 6) is 1.04. The van der Waals surface area contributed by atoms with Crippen molar-refractivity contribution in [3.8, 4) is 5.75 Å². The van der Waals surface area contributed by atoms with E-state index in [1.807, 2.05) is 13.0 Å². The van der Waals surface area contributed by atoms with Gasteiger partial charge in [0.15, 0.2) is 0 Å². The van der Waals surface area contributed by atoms with Crippen LogP contribution in [0.25, 0.3) is 0 Å².